The van der Waals surface area contributed by atoms with Crippen LogP contribution in [0, 0.1) is 5.92 Å². The fourth-order valence-corrected chi connectivity index (χ4v) is 13.8. The van der Waals surface area contributed by atoms with Gasteiger partial charge >= 0.3 is 5.97 Å². The number of hydrogen-bond donors (Lipinski definition) is 23. The Kier molecular flexibility index (Phi) is 31.9. The largest absolute Gasteiger partial charge is 0.477 e. The number of ether oxygens (including phenoxy) is 10. The summed E-state index contributed by atoms with van der Waals surface area (Å²) >= 11 is 0. The molecular weight excluding hydrogens is 1460 g/mol. The van der Waals surface area contributed by atoms with Crippen LogP contribution >= 0.6 is 0 Å². The number of aliphatic carboxylic acids is 1. The molecule has 0 spiro atoms. The van der Waals surface area contributed by atoms with E-state index in [9.17, 15) is 130 Å². The summed E-state index contributed by atoms with van der Waals surface area (Å²) in [6.45, 7) is 1.67. The van der Waals surface area contributed by atoms with E-state index in [0.29, 0.717) is 12.8 Å². The van der Waals surface area contributed by atoms with Crippen molar-refractivity contribution in [2.24, 2.45) is 11.7 Å². The molecule has 7 aliphatic rings. The molecule has 16 unspecified atom stereocenters. The summed E-state index contributed by atoms with van der Waals surface area (Å²) in [5, 5.41) is 190. The van der Waals surface area contributed by atoms with Crippen molar-refractivity contribution < 1.29 is 177 Å². The molecule has 0 aromatic carbocycles. The number of carbonyl (C=O) groups is 10. The Balaban J connectivity index is 1.24. The van der Waals surface area contributed by atoms with E-state index < -0.39 is 306 Å². The first kappa shape index (κ1) is 88.9. The van der Waals surface area contributed by atoms with Gasteiger partial charge in [0, 0.05) is 40.3 Å². The number of carbonyl (C=O) groups excluding carboxylic acids is 9. The number of carboxylic acid groups (broad SMARTS) is 1. The van der Waals surface area contributed by atoms with Crippen LogP contribution in [0.5, 0.6) is 0 Å². The first-order valence-corrected chi connectivity index (χ1v) is 35.1. The van der Waals surface area contributed by atoms with Gasteiger partial charge in [-0.2, -0.15) is 0 Å². The second kappa shape index (κ2) is 38.8. The maximum Gasteiger partial charge on any atom is 0.364 e. The highest BCUT2D eigenvalue weighted by Crippen LogP contribution is 2.40. The summed E-state index contributed by atoms with van der Waals surface area (Å²) in [7, 11) is 0. The van der Waals surface area contributed by atoms with Crippen molar-refractivity contribution in [1.29, 1.82) is 0 Å². The number of rotatable bonds is 32. The molecule has 45 heteroatoms. The molecule has 0 radical (unpaired) electrons. The van der Waals surface area contributed by atoms with Gasteiger partial charge in [-0.15, -0.1) is 0 Å². The summed E-state index contributed by atoms with van der Waals surface area (Å²) in [4.78, 5) is 137. The first-order chi connectivity index (χ1) is 50.8. The normalized spacial score (nSPS) is 37.8. The van der Waals surface area contributed by atoms with Crippen molar-refractivity contribution in [3.63, 3.8) is 0 Å². The third-order valence-corrected chi connectivity index (χ3v) is 19.8. The zero-order chi connectivity index (χ0) is 80.4. The zero-order valence-electron chi connectivity index (χ0n) is 60.0. The van der Waals surface area contributed by atoms with Crippen LogP contribution in [0.4, 0.5) is 0 Å². The molecule has 108 heavy (non-hydrogen) atoms. The molecule has 0 saturated carbocycles. The van der Waals surface area contributed by atoms with E-state index in [1.165, 1.54) is 30.6 Å². The van der Waals surface area contributed by atoms with E-state index in [-0.39, 0.29) is 25.9 Å². The number of nitrogens with two attached hydrogens (primary N) is 1. The van der Waals surface area contributed by atoms with E-state index in [2.05, 4.69) is 31.9 Å². The van der Waals surface area contributed by atoms with Gasteiger partial charge < -0.3 is 177 Å². The number of carboxylic acids is 1. The molecule has 9 amide bonds. The summed E-state index contributed by atoms with van der Waals surface area (Å²) < 4.78 is 59.8. The minimum absolute atomic E-state index is 0.00968. The molecule has 7 rings (SSSR count). The van der Waals surface area contributed by atoms with Crippen LogP contribution < -0.4 is 37.6 Å². The number of likely N-dealkylation sites (tertiary alicyclic amines) is 2. The van der Waals surface area contributed by atoms with Crippen LogP contribution in [0.15, 0.2) is 0 Å². The molecule has 0 aromatic rings. The lowest BCUT2D eigenvalue weighted by molar-refractivity contribution is -0.383. The van der Waals surface area contributed by atoms with Crippen LogP contribution in [0.1, 0.15) is 80.6 Å². The van der Waals surface area contributed by atoms with Gasteiger partial charge in [-0.1, -0.05) is 6.92 Å². The summed E-state index contributed by atoms with van der Waals surface area (Å²) in [5.74, 6) is -14.6. The number of hydrogen-bond acceptors (Lipinski definition) is 35. The Hall–Kier alpha value is -6.30. The summed E-state index contributed by atoms with van der Waals surface area (Å²) in [6, 6.07) is -12.4. The molecule has 0 bridgehead atoms. The van der Waals surface area contributed by atoms with Crippen molar-refractivity contribution in [1.82, 2.24) is 41.7 Å². The van der Waals surface area contributed by atoms with E-state index in [1.807, 2.05) is 0 Å². The van der Waals surface area contributed by atoms with Crippen molar-refractivity contribution in [2.75, 3.05) is 52.7 Å². The highest BCUT2D eigenvalue weighted by molar-refractivity contribution is 5.97. The number of nitrogens with one attached hydrogen (secondary N) is 6. The lowest BCUT2D eigenvalue weighted by Gasteiger charge is -2.51. The molecule has 616 valence electrons. The van der Waals surface area contributed by atoms with Gasteiger partial charge in [0.2, 0.25) is 53.2 Å². The van der Waals surface area contributed by atoms with Crippen molar-refractivity contribution in [3.05, 3.63) is 0 Å². The van der Waals surface area contributed by atoms with Crippen LogP contribution in [0.25, 0.3) is 0 Å². The zero-order valence-corrected chi connectivity index (χ0v) is 60.0. The number of amides is 9. The Morgan fingerprint density at radius 2 is 1.09 bits per heavy atom. The van der Waals surface area contributed by atoms with Gasteiger partial charge in [0.1, 0.15) is 146 Å². The molecule has 33 atom stereocenters. The van der Waals surface area contributed by atoms with E-state index in [4.69, 9.17) is 53.1 Å². The molecule has 7 heterocycles. The van der Waals surface area contributed by atoms with Gasteiger partial charge in [0.15, 0.2) is 25.2 Å². The molecule has 7 saturated heterocycles. The SMILES string of the molecule is CC(=O)NC1[C@H](OCC2O[C@@H](OC(C)C(NC(=O)C(C)CO)C(=O)NC(C)C(=O)N3CCCC3C(=O)N3CCCC3C(=O)NC(C)C(N)=O)C(NC(C)=O)[C@@H](O[C@@H]3OC(CO)[C@H](O)[C@H](O[C@]4(C(=O)O)C[C@H](O)[C@@H](NC(C)=O)C([C@H](O)[C@H](O)CO)O4)C3O)[C@H]2O)OC(CO)[C@H](O[C@@H]2OC(CO)[C@H](O)[C@H](O)C2O)[C@@H]1O. The van der Waals surface area contributed by atoms with E-state index >= 15 is 0 Å². The van der Waals surface area contributed by atoms with E-state index in [1.54, 1.807) is 0 Å². The third-order valence-electron chi connectivity index (χ3n) is 19.8. The van der Waals surface area contributed by atoms with Gasteiger partial charge in [-0.05, 0) is 46.5 Å². The second-order valence-corrected chi connectivity index (χ2v) is 27.8. The highest BCUT2D eigenvalue weighted by Gasteiger charge is 2.62. The van der Waals surface area contributed by atoms with Crippen LogP contribution in [-0.4, -0.2) is 399 Å². The molecule has 24 N–H and O–H groups in total. The topological polar surface area (TPSA) is 691 Å². The molecule has 45 nitrogen and oxygen atoms in total. The predicted octanol–water partition coefficient (Wildman–Crippen LogP) is -14.3. The molecular formula is C63H103N9O36. The lowest BCUT2D eigenvalue weighted by Crippen LogP contribution is -2.71. The lowest BCUT2D eigenvalue weighted by atomic mass is 9.88. The minimum atomic E-state index is -3.33. The molecule has 7 fully saturated rings. The number of aliphatic hydroxyl groups excluding tert-OH is 15. The fraction of sp³-hybridized carbons (Fsp3) is 0.841. The van der Waals surface area contributed by atoms with Crippen molar-refractivity contribution >= 4 is 59.1 Å². The fourth-order valence-electron chi connectivity index (χ4n) is 13.8. The van der Waals surface area contributed by atoms with Gasteiger partial charge in [0.25, 0.3) is 5.79 Å². The monoisotopic (exact) mass is 1560 g/mol. The van der Waals surface area contributed by atoms with Crippen molar-refractivity contribution in [2.45, 2.75) is 276 Å². The minimum Gasteiger partial charge on any atom is -0.477 e. The molecule has 7 aliphatic heterocycles. The Labute approximate surface area is 616 Å². The standard InChI is InChI=1S/C63H103N9O36/c1-21(15-73)53(92)70-36(55(94)66-23(3)56(95)72-13-9-11-29(72)57(96)71-12-8-10-28(71)54(93)65-22(2)52(64)91)24(4)100-59-39(69-27(7)80)49(43(86)35(104-59)20-99-58-38(68-26(6)79)44(87)48(34(19-77)103-58)105-60-46(89)45(88)41(84)32(17-75)101-60)106-61-47(90)51(42(85)33(18-76)102-61)108-63(62(97)98)14-30(81)37(67-25(5)78)50(107-63)40(83)31(82)16-74/h21-24,28-51,58-61,73-77,81-90H,8-20H2,1-7H3,(H2,64,91)(H,65,93)(H,66,94)(H,67,78)(H,68,79)(H,69,80)(H,70,92)(H,97,98)/t21?,22?,23?,24?,28?,29?,30-,31+,32?,33?,34?,35?,36?,37+,38?,39?,40+,41-,42-,43-,44+,45-,46?,47?,48-,49+,50?,51-,58+,59+,60-,61-,63-/m0/s1. The van der Waals surface area contributed by atoms with E-state index in [0.717, 1.165) is 27.7 Å². The van der Waals surface area contributed by atoms with Gasteiger partial charge in [-0.3, -0.25) is 43.2 Å². The molecule has 0 aromatic heterocycles. The number of primary amides is 1. The quantitative estimate of drug-likeness (QED) is 0.0297. The first-order valence-electron chi connectivity index (χ1n) is 35.1. The smallest absolute Gasteiger partial charge is 0.364 e. The number of nitrogens with zero attached hydrogens (tertiary/aromatic N) is 2. The Morgan fingerprint density at radius 3 is 1.67 bits per heavy atom. The van der Waals surface area contributed by atoms with Crippen LogP contribution in [0.3, 0.4) is 0 Å². The summed E-state index contributed by atoms with van der Waals surface area (Å²) in [5.41, 5.74) is 5.35. The van der Waals surface area contributed by atoms with Crippen LogP contribution in [0.2, 0.25) is 0 Å². The second-order valence-electron chi connectivity index (χ2n) is 27.8. The average molecular weight is 1560 g/mol. The molecule has 0 aliphatic carbocycles. The highest BCUT2D eigenvalue weighted by atomic mass is 16.8. The predicted molar refractivity (Wildman–Crippen MR) is 349 cm³/mol. The Morgan fingerprint density at radius 1 is 0.556 bits per heavy atom. The average Bonchev–Trinajstić information content (AvgIpc) is 0.938. The maximum absolute atomic E-state index is 14.8. The maximum atomic E-state index is 14.8. The van der Waals surface area contributed by atoms with Gasteiger partial charge in [-0.25, -0.2) is 4.79 Å². The Bertz CT molecular complexity index is 3100. The number of aliphatic hydroxyl groups is 15. The van der Waals surface area contributed by atoms with Crippen LogP contribution in [-0.2, 0) is 95.3 Å². The third kappa shape index (κ3) is 20.5. The van der Waals surface area contributed by atoms with Crippen molar-refractivity contribution in [3.8, 4) is 0 Å². The van der Waals surface area contributed by atoms with Gasteiger partial charge in [0.05, 0.1) is 63.8 Å². The summed E-state index contributed by atoms with van der Waals surface area (Å²) in [6.07, 6.45) is -48.5.